The third-order valence-corrected chi connectivity index (χ3v) is 3.14. The van der Waals surface area contributed by atoms with Gasteiger partial charge in [0.1, 0.15) is 0 Å². The van der Waals surface area contributed by atoms with Gasteiger partial charge in [0.2, 0.25) is 0 Å². The Balaban J connectivity index is 2.97. The summed E-state index contributed by atoms with van der Waals surface area (Å²) in [5.74, 6) is 0.0439. The fourth-order valence-corrected chi connectivity index (χ4v) is 2.28. The molecule has 0 aromatic heterocycles. The van der Waals surface area contributed by atoms with E-state index in [1.165, 1.54) is 0 Å². The van der Waals surface area contributed by atoms with Gasteiger partial charge in [-0.25, -0.2) is 0 Å². The lowest BCUT2D eigenvalue weighted by Gasteiger charge is -2.21. The molecule has 0 saturated carbocycles. The summed E-state index contributed by atoms with van der Waals surface area (Å²) in [5.41, 5.74) is 2.83. The molecule has 3 heteroatoms. The van der Waals surface area contributed by atoms with Crippen LogP contribution in [-0.2, 0) is 0 Å². The van der Waals surface area contributed by atoms with E-state index in [2.05, 4.69) is 22.5 Å². The first-order valence-corrected chi connectivity index (χ1v) is 6.44. The zero-order valence-corrected chi connectivity index (χ0v) is 12.2. The number of benzene rings is 1. The van der Waals surface area contributed by atoms with Gasteiger partial charge in [-0.3, -0.25) is 4.79 Å². The third kappa shape index (κ3) is 3.70. The topological polar surface area (TPSA) is 20.3 Å². The minimum absolute atomic E-state index is 0.0439. The number of halogens is 1. The highest BCUT2D eigenvalue weighted by Gasteiger charge is 2.16. The summed E-state index contributed by atoms with van der Waals surface area (Å²) >= 11 is 3.44. The van der Waals surface area contributed by atoms with Crippen molar-refractivity contribution < 1.29 is 4.79 Å². The molecule has 2 nitrogen and oxygen atoms in total. The predicted molar refractivity (Wildman–Crippen MR) is 75.3 cm³/mol. The smallest absolute Gasteiger partial charge is 0.255 e. The summed E-state index contributed by atoms with van der Waals surface area (Å²) in [4.78, 5) is 14.1. The largest absolute Gasteiger partial charge is 0.335 e. The molecule has 17 heavy (non-hydrogen) atoms. The van der Waals surface area contributed by atoms with Gasteiger partial charge in [-0.15, -0.1) is 0 Å². The van der Waals surface area contributed by atoms with E-state index in [1.54, 1.807) is 4.90 Å². The van der Waals surface area contributed by atoms with Gasteiger partial charge >= 0.3 is 0 Å². The van der Waals surface area contributed by atoms with Crippen molar-refractivity contribution in [3.05, 3.63) is 46.0 Å². The number of hydrogen-bond acceptors (Lipinski definition) is 1. The van der Waals surface area contributed by atoms with Crippen LogP contribution in [0.1, 0.15) is 29.8 Å². The van der Waals surface area contributed by atoms with Crippen molar-refractivity contribution in [3.8, 4) is 0 Å². The maximum Gasteiger partial charge on any atom is 0.255 e. The fraction of sp³-hybridized carbons (Fsp3) is 0.357. The average molecular weight is 296 g/mol. The lowest BCUT2D eigenvalue weighted by atomic mass is 10.1. The molecule has 0 aliphatic rings. The van der Waals surface area contributed by atoms with E-state index in [0.29, 0.717) is 18.7 Å². The number of rotatable bonds is 4. The summed E-state index contributed by atoms with van der Waals surface area (Å²) in [7, 11) is 0. The Morgan fingerprint density at radius 1 is 1.47 bits per heavy atom. The summed E-state index contributed by atoms with van der Waals surface area (Å²) in [6, 6.07) is 5.78. The van der Waals surface area contributed by atoms with Crippen LogP contribution in [0.25, 0.3) is 0 Å². The predicted octanol–water partition coefficient (Wildman–Crippen LogP) is 3.80. The Bertz CT molecular complexity index is 440. The molecule has 1 rings (SSSR count). The molecule has 0 spiro atoms. The summed E-state index contributed by atoms with van der Waals surface area (Å²) in [6.07, 6.45) is 0. The van der Waals surface area contributed by atoms with Gasteiger partial charge in [-0.2, -0.15) is 0 Å². The van der Waals surface area contributed by atoms with Crippen molar-refractivity contribution in [1.29, 1.82) is 0 Å². The van der Waals surface area contributed by atoms with Gasteiger partial charge in [-0.1, -0.05) is 18.2 Å². The monoisotopic (exact) mass is 295 g/mol. The van der Waals surface area contributed by atoms with E-state index in [-0.39, 0.29) is 5.91 Å². The molecule has 0 radical (unpaired) electrons. The van der Waals surface area contributed by atoms with Crippen LogP contribution in [0.15, 0.2) is 34.8 Å². The number of amides is 1. The summed E-state index contributed by atoms with van der Waals surface area (Å²) < 4.78 is 0.850. The molecule has 1 amide bonds. The molecule has 0 aliphatic carbocycles. The minimum atomic E-state index is 0.0439. The van der Waals surface area contributed by atoms with Crippen molar-refractivity contribution in [1.82, 2.24) is 4.90 Å². The van der Waals surface area contributed by atoms with Crippen molar-refractivity contribution in [2.24, 2.45) is 0 Å². The highest BCUT2D eigenvalue weighted by atomic mass is 79.9. The molecule has 0 fully saturated rings. The van der Waals surface area contributed by atoms with Crippen molar-refractivity contribution in [2.75, 3.05) is 13.1 Å². The van der Waals surface area contributed by atoms with Gasteiger partial charge in [0.05, 0.1) is 5.56 Å². The van der Waals surface area contributed by atoms with Crippen LogP contribution in [0.2, 0.25) is 0 Å². The first-order chi connectivity index (χ1) is 7.95. The standard InChI is InChI=1S/C14H18BrNO/c1-5-16(9-10(2)3)14(17)12-7-6-11(4)8-13(12)15/h6-8H,2,5,9H2,1,3-4H3. The van der Waals surface area contributed by atoms with Crippen LogP contribution in [0.3, 0.4) is 0 Å². The molecular weight excluding hydrogens is 278 g/mol. The number of carbonyl (C=O) groups excluding carboxylic acids is 1. The van der Waals surface area contributed by atoms with Gasteiger partial charge in [0.25, 0.3) is 5.91 Å². The Labute approximate surface area is 111 Å². The number of carbonyl (C=O) groups is 1. The second kappa shape index (κ2) is 6.01. The molecule has 0 atom stereocenters. The highest BCUT2D eigenvalue weighted by molar-refractivity contribution is 9.10. The van der Waals surface area contributed by atoms with Crippen LogP contribution in [-0.4, -0.2) is 23.9 Å². The SMILES string of the molecule is C=C(C)CN(CC)C(=O)c1ccc(C)cc1Br. The van der Waals surface area contributed by atoms with Crippen molar-refractivity contribution >= 4 is 21.8 Å². The Kier molecular flexibility index (Phi) is 4.94. The second-order valence-electron chi connectivity index (χ2n) is 4.26. The van der Waals surface area contributed by atoms with Crippen LogP contribution in [0.4, 0.5) is 0 Å². The molecule has 1 aromatic carbocycles. The fourth-order valence-electron chi connectivity index (χ4n) is 1.62. The number of nitrogens with zero attached hydrogens (tertiary/aromatic N) is 1. The van der Waals surface area contributed by atoms with E-state index in [0.717, 1.165) is 15.6 Å². The number of aryl methyl sites for hydroxylation is 1. The van der Waals surface area contributed by atoms with Crippen molar-refractivity contribution in [2.45, 2.75) is 20.8 Å². The Morgan fingerprint density at radius 2 is 2.12 bits per heavy atom. The average Bonchev–Trinajstić information content (AvgIpc) is 2.24. The molecule has 92 valence electrons. The summed E-state index contributed by atoms with van der Waals surface area (Å²) in [6.45, 7) is 11.1. The number of likely N-dealkylation sites (N-methyl/N-ethyl adjacent to an activating group) is 1. The first-order valence-electron chi connectivity index (χ1n) is 5.65. The van der Waals surface area contributed by atoms with E-state index in [1.807, 2.05) is 39.0 Å². The number of hydrogen-bond donors (Lipinski definition) is 0. The zero-order chi connectivity index (χ0) is 13.0. The zero-order valence-electron chi connectivity index (χ0n) is 10.6. The third-order valence-electron chi connectivity index (χ3n) is 2.48. The lowest BCUT2D eigenvalue weighted by molar-refractivity contribution is 0.0777. The first kappa shape index (κ1) is 14.0. The van der Waals surface area contributed by atoms with Gasteiger partial charge in [0, 0.05) is 17.6 Å². The molecule has 0 unspecified atom stereocenters. The van der Waals surface area contributed by atoms with E-state index in [4.69, 9.17) is 0 Å². The van der Waals surface area contributed by atoms with E-state index >= 15 is 0 Å². The normalized spacial score (nSPS) is 10.1. The molecule has 0 heterocycles. The Hall–Kier alpha value is -1.09. The second-order valence-corrected chi connectivity index (χ2v) is 5.11. The molecular formula is C14H18BrNO. The molecule has 0 N–H and O–H groups in total. The molecule has 1 aromatic rings. The highest BCUT2D eigenvalue weighted by Crippen LogP contribution is 2.20. The van der Waals surface area contributed by atoms with Gasteiger partial charge in [0.15, 0.2) is 0 Å². The minimum Gasteiger partial charge on any atom is -0.335 e. The van der Waals surface area contributed by atoms with Crippen LogP contribution >= 0.6 is 15.9 Å². The van der Waals surface area contributed by atoms with E-state index < -0.39 is 0 Å². The van der Waals surface area contributed by atoms with Crippen LogP contribution in [0, 0.1) is 6.92 Å². The molecule has 0 saturated heterocycles. The maximum absolute atomic E-state index is 12.3. The van der Waals surface area contributed by atoms with Crippen LogP contribution < -0.4 is 0 Å². The molecule has 0 aliphatic heterocycles. The Morgan fingerprint density at radius 3 is 2.59 bits per heavy atom. The van der Waals surface area contributed by atoms with Crippen LogP contribution in [0.5, 0.6) is 0 Å². The quantitative estimate of drug-likeness (QED) is 0.774. The molecule has 0 bridgehead atoms. The lowest BCUT2D eigenvalue weighted by Crippen LogP contribution is -2.32. The van der Waals surface area contributed by atoms with Crippen molar-refractivity contribution in [3.63, 3.8) is 0 Å². The summed E-state index contributed by atoms with van der Waals surface area (Å²) in [5, 5.41) is 0. The van der Waals surface area contributed by atoms with Gasteiger partial charge < -0.3 is 4.90 Å². The van der Waals surface area contributed by atoms with E-state index in [9.17, 15) is 4.79 Å². The van der Waals surface area contributed by atoms with Gasteiger partial charge in [-0.05, 0) is 54.4 Å². The maximum atomic E-state index is 12.3.